The normalized spacial score (nSPS) is 18.9. The SMILES string of the molecule is Cc1cc(C)c(C#N)c(N2CCCN(C(=O)CC3CCCC3)CC2)n1. The molecule has 0 spiro atoms. The second-order valence-electron chi connectivity index (χ2n) is 7.47. The molecule has 0 aromatic carbocycles. The second-order valence-corrected chi connectivity index (χ2v) is 7.47. The molecule has 25 heavy (non-hydrogen) atoms. The van der Waals surface area contributed by atoms with Crippen molar-refractivity contribution in [3.63, 3.8) is 0 Å². The van der Waals surface area contributed by atoms with Crippen molar-refractivity contribution in [2.45, 2.75) is 52.4 Å². The molecule has 0 radical (unpaired) electrons. The maximum Gasteiger partial charge on any atom is 0.222 e. The smallest absolute Gasteiger partial charge is 0.222 e. The van der Waals surface area contributed by atoms with E-state index < -0.39 is 0 Å². The van der Waals surface area contributed by atoms with E-state index in [9.17, 15) is 10.1 Å². The predicted molar refractivity (Wildman–Crippen MR) is 98.4 cm³/mol. The molecule has 1 saturated heterocycles. The van der Waals surface area contributed by atoms with E-state index in [1.807, 2.05) is 24.8 Å². The van der Waals surface area contributed by atoms with Gasteiger partial charge in [0, 0.05) is 38.3 Å². The Morgan fingerprint density at radius 1 is 1.20 bits per heavy atom. The third-order valence-electron chi connectivity index (χ3n) is 5.52. The Kier molecular flexibility index (Phi) is 5.57. The average Bonchev–Trinajstić information content (AvgIpc) is 2.95. The van der Waals surface area contributed by atoms with Gasteiger partial charge in [0.25, 0.3) is 0 Å². The van der Waals surface area contributed by atoms with E-state index in [1.54, 1.807) is 0 Å². The molecule has 1 amide bonds. The molecular formula is C20H28N4O. The number of amides is 1. The summed E-state index contributed by atoms with van der Waals surface area (Å²) >= 11 is 0. The van der Waals surface area contributed by atoms with Crippen molar-refractivity contribution in [3.05, 3.63) is 22.9 Å². The lowest BCUT2D eigenvalue weighted by atomic mass is 10.0. The van der Waals surface area contributed by atoms with Gasteiger partial charge in [-0.25, -0.2) is 4.98 Å². The van der Waals surface area contributed by atoms with Crippen molar-refractivity contribution in [1.29, 1.82) is 5.26 Å². The number of carbonyl (C=O) groups excluding carboxylic acids is 1. The number of carbonyl (C=O) groups is 1. The van der Waals surface area contributed by atoms with Crippen LogP contribution < -0.4 is 4.90 Å². The Bertz CT molecular complexity index is 673. The molecular weight excluding hydrogens is 312 g/mol. The molecule has 2 heterocycles. The minimum absolute atomic E-state index is 0.308. The van der Waals surface area contributed by atoms with Crippen molar-refractivity contribution in [2.75, 3.05) is 31.1 Å². The predicted octanol–water partition coefficient (Wildman–Crippen LogP) is 3.19. The van der Waals surface area contributed by atoms with Crippen molar-refractivity contribution >= 4 is 11.7 Å². The van der Waals surface area contributed by atoms with E-state index in [1.165, 1.54) is 25.7 Å². The second kappa shape index (κ2) is 7.86. The van der Waals surface area contributed by atoms with Gasteiger partial charge in [-0.2, -0.15) is 5.26 Å². The molecule has 5 heteroatoms. The average molecular weight is 340 g/mol. The fourth-order valence-corrected chi connectivity index (χ4v) is 4.15. The Morgan fingerprint density at radius 2 is 1.96 bits per heavy atom. The lowest BCUT2D eigenvalue weighted by Crippen LogP contribution is -2.36. The zero-order chi connectivity index (χ0) is 17.8. The Morgan fingerprint density at radius 3 is 2.68 bits per heavy atom. The summed E-state index contributed by atoms with van der Waals surface area (Å²) in [5.41, 5.74) is 2.57. The van der Waals surface area contributed by atoms with Gasteiger partial charge in [0.15, 0.2) is 0 Å². The highest BCUT2D eigenvalue weighted by atomic mass is 16.2. The van der Waals surface area contributed by atoms with Crippen LogP contribution in [0.2, 0.25) is 0 Å². The molecule has 2 aliphatic rings. The van der Waals surface area contributed by atoms with E-state index in [4.69, 9.17) is 0 Å². The number of aryl methyl sites for hydroxylation is 2. The number of hydrogen-bond donors (Lipinski definition) is 0. The first-order valence-electron chi connectivity index (χ1n) is 9.49. The molecule has 1 saturated carbocycles. The quantitative estimate of drug-likeness (QED) is 0.848. The van der Waals surface area contributed by atoms with Crippen molar-refractivity contribution in [3.8, 4) is 6.07 Å². The van der Waals surface area contributed by atoms with Gasteiger partial charge in [0.1, 0.15) is 11.9 Å². The number of anilines is 1. The zero-order valence-corrected chi connectivity index (χ0v) is 15.4. The van der Waals surface area contributed by atoms with E-state index in [-0.39, 0.29) is 0 Å². The van der Waals surface area contributed by atoms with E-state index in [2.05, 4.69) is 16.0 Å². The van der Waals surface area contributed by atoms with Crippen LogP contribution in [0.4, 0.5) is 5.82 Å². The summed E-state index contributed by atoms with van der Waals surface area (Å²) in [5.74, 6) is 1.69. The number of hydrogen-bond acceptors (Lipinski definition) is 4. The number of rotatable bonds is 3. The van der Waals surface area contributed by atoms with Crippen LogP contribution in [-0.2, 0) is 4.79 Å². The van der Waals surface area contributed by atoms with Crippen LogP contribution in [0, 0.1) is 31.1 Å². The van der Waals surface area contributed by atoms with Crippen LogP contribution in [-0.4, -0.2) is 42.0 Å². The Labute approximate surface area is 150 Å². The molecule has 0 atom stereocenters. The summed E-state index contributed by atoms with van der Waals surface area (Å²) in [4.78, 5) is 21.4. The Balaban J connectivity index is 1.67. The van der Waals surface area contributed by atoms with Gasteiger partial charge in [0.2, 0.25) is 5.91 Å². The molecule has 0 bridgehead atoms. The van der Waals surface area contributed by atoms with Crippen molar-refractivity contribution < 1.29 is 4.79 Å². The highest BCUT2D eigenvalue weighted by Crippen LogP contribution is 2.28. The molecule has 1 aromatic rings. The molecule has 1 aliphatic heterocycles. The summed E-state index contributed by atoms with van der Waals surface area (Å²) in [7, 11) is 0. The van der Waals surface area contributed by atoms with E-state index in [0.29, 0.717) is 23.8 Å². The molecule has 1 aliphatic carbocycles. The van der Waals surface area contributed by atoms with Crippen LogP contribution in [0.3, 0.4) is 0 Å². The molecule has 0 unspecified atom stereocenters. The summed E-state index contributed by atoms with van der Waals surface area (Å²) in [6, 6.07) is 4.26. The standard InChI is InChI=1S/C20H28N4O/c1-15-12-16(2)22-20(18(15)14-21)24-9-5-8-23(10-11-24)19(25)13-17-6-3-4-7-17/h12,17H,3-11,13H2,1-2H3. The molecule has 0 N–H and O–H groups in total. The highest BCUT2D eigenvalue weighted by Gasteiger charge is 2.25. The fraction of sp³-hybridized carbons (Fsp3) is 0.650. The minimum atomic E-state index is 0.308. The van der Waals surface area contributed by atoms with Gasteiger partial charge in [-0.3, -0.25) is 4.79 Å². The highest BCUT2D eigenvalue weighted by molar-refractivity contribution is 5.76. The fourth-order valence-electron chi connectivity index (χ4n) is 4.15. The van der Waals surface area contributed by atoms with Crippen LogP contribution in [0.15, 0.2) is 6.07 Å². The maximum absolute atomic E-state index is 12.6. The number of pyridine rings is 1. The summed E-state index contributed by atoms with van der Waals surface area (Å²) in [6.45, 7) is 7.07. The maximum atomic E-state index is 12.6. The molecule has 2 fully saturated rings. The van der Waals surface area contributed by atoms with Gasteiger partial charge in [-0.15, -0.1) is 0 Å². The first-order chi connectivity index (χ1) is 12.1. The van der Waals surface area contributed by atoms with Crippen LogP contribution in [0.1, 0.15) is 55.3 Å². The van der Waals surface area contributed by atoms with Gasteiger partial charge in [-0.1, -0.05) is 12.8 Å². The largest absolute Gasteiger partial charge is 0.354 e. The van der Waals surface area contributed by atoms with Crippen molar-refractivity contribution in [1.82, 2.24) is 9.88 Å². The summed E-state index contributed by atoms with van der Waals surface area (Å²) in [5, 5.41) is 9.51. The summed E-state index contributed by atoms with van der Waals surface area (Å²) < 4.78 is 0. The van der Waals surface area contributed by atoms with Gasteiger partial charge >= 0.3 is 0 Å². The monoisotopic (exact) mass is 340 g/mol. The van der Waals surface area contributed by atoms with Crippen LogP contribution >= 0.6 is 0 Å². The molecule has 5 nitrogen and oxygen atoms in total. The third-order valence-corrected chi connectivity index (χ3v) is 5.52. The third kappa shape index (κ3) is 4.12. The van der Waals surface area contributed by atoms with Gasteiger partial charge in [0.05, 0.1) is 5.56 Å². The zero-order valence-electron chi connectivity index (χ0n) is 15.4. The topological polar surface area (TPSA) is 60.2 Å². The first-order valence-corrected chi connectivity index (χ1v) is 9.49. The Hall–Kier alpha value is -2.09. The van der Waals surface area contributed by atoms with Gasteiger partial charge in [-0.05, 0) is 50.7 Å². The van der Waals surface area contributed by atoms with Crippen molar-refractivity contribution in [2.24, 2.45) is 5.92 Å². The minimum Gasteiger partial charge on any atom is -0.354 e. The number of aromatic nitrogens is 1. The first kappa shape index (κ1) is 17.7. The van der Waals surface area contributed by atoms with Crippen LogP contribution in [0.25, 0.3) is 0 Å². The lowest BCUT2D eigenvalue weighted by molar-refractivity contribution is -0.131. The number of nitriles is 1. The number of nitrogens with zero attached hydrogens (tertiary/aromatic N) is 4. The molecule has 134 valence electrons. The molecule has 1 aromatic heterocycles. The van der Waals surface area contributed by atoms with Crippen LogP contribution in [0.5, 0.6) is 0 Å². The molecule has 3 rings (SSSR count). The van der Waals surface area contributed by atoms with E-state index in [0.717, 1.165) is 49.7 Å². The lowest BCUT2D eigenvalue weighted by Gasteiger charge is -2.25. The van der Waals surface area contributed by atoms with Gasteiger partial charge < -0.3 is 9.80 Å². The summed E-state index contributed by atoms with van der Waals surface area (Å²) in [6.07, 6.45) is 6.62. The van der Waals surface area contributed by atoms with E-state index >= 15 is 0 Å².